The molecule has 1 heterocycles. The number of rotatable bonds is 3. The Morgan fingerprint density at radius 1 is 1.50 bits per heavy atom. The SMILES string of the molecule is CCC1CCCCC1C(=O)c1nccn1C. The summed E-state index contributed by atoms with van der Waals surface area (Å²) in [4.78, 5) is 16.5. The molecule has 2 atom stereocenters. The first-order valence-electron chi connectivity index (χ1n) is 6.25. The Morgan fingerprint density at radius 3 is 2.88 bits per heavy atom. The number of aryl methyl sites for hydroxylation is 1. The summed E-state index contributed by atoms with van der Waals surface area (Å²) in [5.74, 6) is 1.65. The number of carbonyl (C=O) groups excluding carboxylic acids is 1. The smallest absolute Gasteiger partial charge is 0.201 e. The zero-order valence-corrected chi connectivity index (χ0v) is 10.1. The lowest BCUT2D eigenvalue weighted by atomic mass is 9.75. The lowest BCUT2D eigenvalue weighted by Crippen LogP contribution is -2.28. The fourth-order valence-electron chi connectivity index (χ4n) is 2.81. The van der Waals surface area contributed by atoms with Gasteiger partial charge in [-0.3, -0.25) is 4.79 Å². The van der Waals surface area contributed by atoms with E-state index in [-0.39, 0.29) is 11.7 Å². The Balaban J connectivity index is 2.17. The molecule has 0 N–H and O–H groups in total. The summed E-state index contributed by atoms with van der Waals surface area (Å²) in [7, 11) is 1.89. The van der Waals surface area contributed by atoms with Gasteiger partial charge in [-0.25, -0.2) is 4.98 Å². The number of carbonyl (C=O) groups is 1. The summed E-state index contributed by atoms with van der Waals surface area (Å²) in [6.45, 7) is 2.19. The van der Waals surface area contributed by atoms with Crippen molar-refractivity contribution < 1.29 is 4.79 Å². The van der Waals surface area contributed by atoms with Gasteiger partial charge < -0.3 is 4.57 Å². The third-order valence-corrected chi connectivity index (χ3v) is 3.81. The fourth-order valence-corrected chi connectivity index (χ4v) is 2.81. The molecule has 0 aliphatic heterocycles. The van der Waals surface area contributed by atoms with Crippen LogP contribution in [0.5, 0.6) is 0 Å². The molecule has 1 fully saturated rings. The summed E-state index contributed by atoms with van der Waals surface area (Å²) in [6, 6.07) is 0. The summed E-state index contributed by atoms with van der Waals surface area (Å²) in [5.41, 5.74) is 0. The first kappa shape index (κ1) is 11.4. The highest BCUT2D eigenvalue weighted by molar-refractivity contribution is 5.95. The Bertz CT molecular complexity index is 370. The van der Waals surface area contributed by atoms with Gasteiger partial charge in [-0.2, -0.15) is 0 Å². The van der Waals surface area contributed by atoms with Gasteiger partial charge in [-0.05, 0) is 18.8 Å². The van der Waals surface area contributed by atoms with Gasteiger partial charge in [-0.1, -0.05) is 26.2 Å². The van der Waals surface area contributed by atoms with Crippen LogP contribution in [-0.4, -0.2) is 15.3 Å². The predicted molar refractivity (Wildman–Crippen MR) is 63.3 cm³/mol. The normalized spacial score (nSPS) is 25.6. The molecule has 0 saturated heterocycles. The maximum atomic E-state index is 12.4. The van der Waals surface area contributed by atoms with Gasteiger partial charge in [0.15, 0.2) is 5.82 Å². The molecule has 3 heteroatoms. The number of imidazole rings is 1. The van der Waals surface area contributed by atoms with Gasteiger partial charge in [0.25, 0.3) is 0 Å². The Kier molecular flexibility index (Phi) is 3.42. The minimum atomic E-state index is 0.208. The van der Waals surface area contributed by atoms with Gasteiger partial charge in [0.05, 0.1) is 0 Å². The molecule has 3 nitrogen and oxygen atoms in total. The molecule has 0 amide bonds. The molecule has 1 aromatic rings. The van der Waals surface area contributed by atoms with Gasteiger partial charge >= 0.3 is 0 Å². The van der Waals surface area contributed by atoms with Crippen molar-refractivity contribution in [3.8, 4) is 0 Å². The van der Waals surface area contributed by atoms with Crippen molar-refractivity contribution in [2.75, 3.05) is 0 Å². The van der Waals surface area contributed by atoms with Crippen LogP contribution in [0.1, 0.15) is 49.6 Å². The average Bonchev–Trinajstić information content (AvgIpc) is 2.74. The second-order valence-electron chi connectivity index (χ2n) is 4.79. The van der Waals surface area contributed by atoms with E-state index in [1.54, 1.807) is 6.20 Å². The number of nitrogens with zero attached hydrogens (tertiary/aromatic N) is 2. The Hall–Kier alpha value is -1.12. The van der Waals surface area contributed by atoms with Crippen molar-refractivity contribution in [2.45, 2.75) is 39.0 Å². The highest BCUT2D eigenvalue weighted by atomic mass is 16.1. The monoisotopic (exact) mass is 220 g/mol. The maximum Gasteiger partial charge on any atom is 0.201 e. The largest absolute Gasteiger partial charge is 0.332 e. The molecule has 0 bridgehead atoms. The number of ketones is 1. The maximum absolute atomic E-state index is 12.4. The molecular weight excluding hydrogens is 200 g/mol. The lowest BCUT2D eigenvalue weighted by Gasteiger charge is -2.29. The molecule has 0 radical (unpaired) electrons. The van der Waals surface area contributed by atoms with E-state index in [0.717, 1.165) is 12.8 Å². The van der Waals surface area contributed by atoms with Crippen LogP contribution in [0.3, 0.4) is 0 Å². The van der Waals surface area contributed by atoms with Crippen LogP contribution in [0.4, 0.5) is 0 Å². The Morgan fingerprint density at radius 2 is 2.25 bits per heavy atom. The Labute approximate surface area is 96.9 Å². The van der Waals surface area contributed by atoms with Crippen molar-refractivity contribution in [2.24, 2.45) is 18.9 Å². The zero-order chi connectivity index (χ0) is 11.5. The summed E-state index contributed by atoms with van der Waals surface area (Å²) >= 11 is 0. The molecular formula is C13H20N2O. The van der Waals surface area contributed by atoms with Gasteiger partial charge in [-0.15, -0.1) is 0 Å². The van der Waals surface area contributed by atoms with Crippen molar-refractivity contribution in [1.29, 1.82) is 0 Å². The molecule has 88 valence electrons. The number of hydrogen-bond donors (Lipinski definition) is 0. The van der Waals surface area contributed by atoms with Crippen LogP contribution in [-0.2, 0) is 7.05 Å². The van der Waals surface area contributed by atoms with Gasteiger partial charge in [0.2, 0.25) is 5.78 Å². The molecule has 2 rings (SSSR count). The summed E-state index contributed by atoms with van der Waals surface area (Å²) in [5, 5.41) is 0. The lowest BCUT2D eigenvalue weighted by molar-refractivity contribution is 0.0805. The van der Waals surface area contributed by atoms with Gasteiger partial charge in [0.1, 0.15) is 0 Å². The highest BCUT2D eigenvalue weighted by Gasteiger charge is 2.31. The topological polar surface area (TPSA) is 34.9 Å². The van der Waals surface area contributed by atoms with Crippen LogP contribution in [0, 0.1) is 11.8 Å². The van der Waals surface area contributed by atoms with Crippen LogP contribution in [0.25, 0.3) is 0 Å². The quantitative estimate of drug-likeness (QED) is 0.734. The van der Waals surface area contributed by atoms with Crippen LogP contribution in [0.2, 0.25) is 0 Å². The van der Waals surface area contributed by atoms with E-state index in [1.807, 2.05) is 17.8 Å². The third-order valence-electron chi connectivity index (χ3n) is 3.81. The molecule has 16 heavy (non-hydrogen) atoms. The third kappa shape index (κ3) is 2.04. The zero-order valence-electron chi connectivity index (χ0n) is 10.1. The average molecular weight is 220 g/mol. The van der Waals surface area contributed by atoms with Crippen molar-refractivity contribution in [3.05, 3.63) is 18.2 Å². The second kappa shape index (κ2) is 4.81. The molecule has 1 aliphatic carbocycles. The van der Waals surface area contributed by atoms with E-state index < -0.39 is 0 Å². The van der Waals surface area contributed by atoms with Crippen LogP contribution >= 0.6 is 0 Å². The van der Waals surface area contributed by atoms with Crippen molar-refractivity contribution >= 4 is 5.78 Å². The van der Waals surface area contributed by atoms with E-state index in [2.05, 4.69) is 11.9 Å². The first-order chi connectivity index (χ1) is 7.74. The van der Waals surface area contributed by atoms with E-state index in [0.29, 0.717) is 11.7 Å². The van der Waals surface area contributed by atoms with E-state index in [9.17, 15) is 4.79 Å². The first-order valence-corrected chi connectivity index (χ1v) is 6.25. The standard InChI is InChI=1S/C13H20N2O/c1-3-10-6-4-5-7-11(10)12(16)13-14-8-9-15(13)2/h8-11H,3-7H2,1-2H3. The molecule has 1 saturated carbocycles. The van der Waals surface area contributed by atoms with Crippen LogP contribution < -0.4 is 0 Å². The molecule has 1 aliphatic rings. The minimum absolute atomic E-state index is 0.208. The second-order valence-corrected chi connectivity index (χ2v) is 4.79. The van der Waals surface area contributed by atoms with E-state index in [1.165, 1.54) is 19.3 Å². The van der Waals surface area contributed by atoms with Crippen LogP contribution in [0.15, 0.2) is 12.4 Å². The van der Waals surface area contributed by atoms with Gasteiger partial charge in [0, 0.05) is 25.4 Å². The van der Waals surface area contributed by atoms with Crippen molar-refractivity contribution in [3.63, 3.8) is 0 Å². The highest BCUT2D eigenvalue weighted by Crippen LogP contribution is 2.34. The molecule has 1 aromatic heterocycles. The fraction of sp³-hybridized carbons (Fsp3) is 0.692. The molecule has 0 spiro atoms. The minimum Gasteiger partial charge on any atom is -0.332 e. The number of hydrogen-bond acceptors (Lipinski definition) is 2. The number of Topliss-reactive ketones (excluding diaryl/α,β-unsaturated/α-hetero) is 1. The van der Waals surface area contributed by atoms with E-state index >= 15 is 0 Å². The van der Waals surface area contributed by atoms with Crippen molar-refractivity contribution in [1.82, 2.24) is 9.55 Å². The summed E-state index contributed by atoms with van der Waals surface area (Å²) in [6.07, 6.45) is 9.39. The predicted octanol–water partition coefficient (Wildman–Crippen LogP) is 2.82. The number of aromatic nitrogens is 2. The van der Waals surface area contributed by atoms with E-state index in [4.69, 9.17) is 0 Å². The summed E-state index contributed by atoms with van der Waals surface area (Å²) < 4.78 is 1.84. The molecule has 2 unspecified atom stereocenters. The molecule has 0 aromatic carbocycles.